The summed E-state index contributed by atoms with van der Waals surface area (Å²) in [6.45, 7) is 3.03. The molecule has 0 aromatic carbocycles. The second kappa shape index (κ2) is 3.34. The first kappa shape index (κ1) is 7.25. The average molecular weight is 141 g/mol. The molecule has 0 saturated heterocycles. The molecule has 0 radical (unpaired) electrons. The van der Waals surface area contributed by atoms with Gasteiger partial charge in [0.1, 0.15) is 5.71 Å². The van der Waals surface area contributed by atoms with Crippen LogP contribution >= 0.6 is 0 Å². The first-order valence-corrected chi connectivity index (χ1v) is 3.55. The Kier molecular flexibility index (Phi) is 2.42. The van der Waals surface area contributed by atoms with Gasteiger partial charge in [0.2, 0.25) is 0 Å². The maximum absolute atomic E-state index is 10.9. The minimum Gasteiger partial charge on any atom is -0.462 e. The van der Waals surface area contributed by atoms with Crippen LogP contribution in [-0.4, -0.2) is 24.8 Å². The molecule has 0 amide bonds. The third-order valence-electron chi connectivity index (χ3n) is 1.39. The normalized spacial score (nSPS) is 16.7. The van der Waals surface area contributed by atoms with E-state index in [0.717, 1.165) is 19.4 Å². The predicted octanol–water partition coefficient (Wildman–Crippen LogP) is 0.784. The molecular weight excluding hydrogens is 130 g/mol. The maximum atomic E-state index is 10.9. The topological polar surface area (TPSA) is 38.7 Å². The van der Waals surface area contributed by atoms with Crippen LogP contribution in [0.2, 0.25) is 0 Å². The first-order chi connectivity index (χ1) is 4.84. The number of ether oxygens (including phenoxy) is 1. The summed E-state index contributed by atoms with van der Waals surface area (Å²) in [4.78, 5) is 14.9. The van der Waals surface area contributed by atoms with Crippen molar-refractivity contribution in [1.82, 2.24) is 0 Å². The Labute approximate surface area is 60.1 Å². The lowest BCUT2D eigenvalue weighted by Crippen LogP contribution is -2.14. The van der Waals surface area contributed by atoms with Crippen LogP contribution in [0, 0.1) is 0 Å². The minimum absolute atomic E-state index is 0.236. The number of nitrogens with zero attached hydrogens (tertiary/aromatic N) is 1. The van der Waals surface area contributed by atoms with E-state index in [0.29, 0.717) is 12.3 Å². The molecule has 0 unspecified atom stereocenters. The molecule has 0 aromatic heterocycles. The van der Waals surface area contributed by atoms with Crippen LogP contribution < -0.4 is 0 Å². The van der Waals surface area contributed by atoms with E-state index in [1.54, 1.807) is 6.92 Å². The van der Waals surface area contributed by atoms with Gasteiger partial charge in [-0.3, -0.25) is 4.99 Å². The molecule has 0 N–H and O–H groups in total. The Balaban J connectivity index is 2.40. The highest BCUT2D eigenvalue weighted by Crippen LogP contribution is 2.04. The SMILES string of the molecule is CCOC(=O)C1=NCCC1. The predicted molar refractivity (Wildman–Crippen MR) is 38.2 cm³/mol. The molecular formula is C7H11NO2. The Hall–Kier alpha value is -0.860. The Morgan fingerprint density at radius 2 is 2.60 bits per heavy atom. The van der Waals surface area contributed by atoms with Crippen LogP contribution in [0.15, 0.2) is 4.99 Å². The second-order valence-electron chi connectivity index (χ2n) is 2.15. The Morgan fingerprint density at radius 1 is 1.80 bits per heavy atom. The zero-order valence-electron chi connectivity index (χ0n) is 6.09. The lowest BCUT2D eigenvalue weighted by molar-refractivity contribution is -0.135. The number of aliphatic imine (C=N–C) groups is 1. The van der Waals surface area contributed by atoms with Crippen molar-refractivity contribution in [2.75, 3.05) is 13.2 Å². The fourth-order valence-corrected chi connectivity index (χ4v) is 0.921. The zero-order valence-corrected chi connectivity index (χ0v) is 6.09. The number of hydrogen-bond donors (Lipinski definition) is 0. The van der Waals surface area contributed by atoms with Crippen molar-refractivity contribution in [2.45, 2.75) is 19.8 Å². The largest absolute Gasteiger partial charge is 0.462 e. The van der Waals surface area contributed by atoms with Gasteiger partial charge in [0.25, 0.3) is 0 Å². The van der Waals surface area contributed by atoms with E-state index in [4.69, 9.17) is 4.74 Å². The highest BCUT2D eigenvalue weighted by Gasteiger charge is 2.15. The molecule has 0 aromatic rings. The quantitative estimate of drug-likeness (QED) is 0.533. The van der Waals surface area contributed by atoms with Crippen molar-refractivity contribution in [3.8, 4) is 0 Å². The smallest absolute Gasteiger partial charge is 0.352 e. The number of carbonyl (C=O) groups excluding carboxylic acids is 1. The van der Waals surface area contributed by atoms with E-state index >= 15 is 0 Å². The van der Waals surface area contributed by atoms with Gasteiger partial charge in [-0.1, -0.05) is 0 Å². The van der Waals surface area contributed by atoms with Crippen molar-refractivity contribution in [2.24, 2.45) is 4.99 Å². The highest BCUT2D eigenvalue weighted by atomic mass is 16.5. The molecule has 0 spiro atoms. The van der Waals surface area contributed by atoms with Gasteiger partial charge in [-0.25, -0.2) is 4.79 Å². The molecule has 0 bridgehead atoms. The number of rotatable bonds is 2. The van der Waals surface area contributed by atoms with Crippen LogP contribution in [0.3, 0.4) is 0 Å². The van der Waals surface area contributed by atoms with Gasteiger partial charge in [-0.15, -0.1) is 0 Å². The summed E-state index contributed by atoms with van der Waals surface area (Å²) < 4.78 is 4.76. The van der Waals surface area contributed by atoms with Crippen LogP contribution in [0.4, 0.5) is 0 Å². The molecule has 3 nitrogen and oxygen atoms in total. The summed E-state index contributed by atoms with van der Waals surface area (Å²) in [6, 6.07) is 0. The molecule has 1 heterocycles. The number of esters is 1. The molecule has 0 saturated carbocycles. The molecule has 56 valence electrons. The summed E-state index contributed by atoms with van der Waals surface area (Å²) in [6.07, 6.45) is 1.78. The zero-order chi connectivity index (χ0) is 7.40. The molecule has 0 fully saturated rings. The minimum atomic E-state index is -0.236. The van der Waals surface area contributed by atoms with E-state index in [1.807, 2.05) is 0 Å². The lowest BCUT2D eigenvalue weighted by Gasteiger charge is -1.98. The van der Waals surface area contributed by atoms with Crippen molar-refractivity contribution < 1.29 is 9.53 Å². The monoisotopic (exact) mass is 141 g/mol. The molecule has 0 atom stereocenters. The van der Waals surface area contributed by atoms with Gasteiger partial charge < -0.3 is 4.74 Å². The van der Waals surface area contributed by atoms with Crippen molar-refractivity contribution in [3.05, 3.63) is 0 Å². The van der Waals surface area contributed by atoms with Gasteiger partial charge in [-0.2, -0.15) is 0 Å². The second-order valence-corrected chi connectivity index (χ2v) is 2.15. The van der Waals surface area contributed by atoms with Gasteiger partial charge in [-0.05, 0) is 19.8 Å². The van der Waals surface area contributed by atoms with E-state index in [1.165, 1.54) is 0 Å². The average Bonchev–Trinajstić information content (AvgIpc) is 2.38. The molecule has 1 aliphatic heterocycles. The molecule has 1 aliphatic rings. The Morgan fingerprint density at radius 3 is 3.10 bits per heavy atom. The molecule has 10 heavy (non-hydrogen) atoms. The third kappa shape index (κ3) is 1.56. The summed E-state index contributed by atoms with van der Waals surface area (Å²) in [5.41, 5.74) is 0.613. The van der Waals surface area contributed by atoms with Gasteiger partial charge in [0.05, 0.1) is 6.61 Å². The number of carbonyl (C=O) groups is 1. The van der Waals surface area contributed by atoms with E-state index in [9.17, 15) is 4.79 Å². The molecule has 1 rings (SSSR count). The van der Waals surface area contributed by atoms with Crippen LogP contribution in [0.5, 0.6) is 0 Å². The molecule has 0 aliphatic carbocycles. The van der Waals surface area contributed by atoms with E-state index in [-0.39, 0.29) is 5.97 Å². The summed E-state index contributed by atoms with van der Waals surface area (Å²) >= 11 is 0. The van der Waals surface area contributed by atoms with Crippen LogP contribution in [-0.2, 0) is 9.53 Å². The first-order valence-electron chi connectivity index (χ1n) is 3.55. The summed E-state index contributed by atoms with van der Waals surface area (Å²) in [5, 5.41) is 0. The summed E-state index contributed by atoms with van der Waals surface area (Å²) in [5.74, 6) is -0.236. The highest BCUT2D eigenvalue weighted by molar-refractivity contribution is 6.36. The van der Waals surface area contributed by atoms with E-state index in [2.05, 4.69) is 4.99 Å². The maximum Gasteiger partial charge on any atom is 0.352 e. The van der Waals surface area contributed by atoms with Gasteiger partial charge >= 0.3 is 5.97 Å². The van der Waals surface area contributed by atoms with Crippen LogP contribution in [0.1, 0.15) is 19.8 Å². The summed E-state index contributed by atoms with van der Waals surface area (Å²) in [7, 11) is 0. The van der Waals surface area contributed by atoms with Crippen molar-refractivity contribution >= 4 is 11.7 Å². The fraction of sp³-hybridized carbons (Fsp3) is 0.714. The van der Waals surface area contributed by atoms with Gasteiger partial charge in [0.15, 0.2) is 0 Å². The van der Waals surface area contributed by atoms with Gasteiger partial charge in [0, 0.05) is 6.54 Å². The lowest BCUT2D eigenvalue weighted by atomic mass is 10.2. The Bertz CT molecular complexity index is 163. The number of hydrogen-bond acceptors (Lipinski definition) is 3. The van der Waals surface area contributed by atoms with Crippen molar-refractivity contribution in [1.29, 1.82) is 0 Å². The molecule has 3 heteroatoms. The van der Waals surface area contributed by atoms with Crippen LogP contribution in [0.25, 0.3) is 0 Å². The van der Waals surface area contributed by atoms with Crippen molar-refractivity contribution in [3.63, 3.8) is 0 Å². The fourth-order valence-electron chi connectivity index (χ4n) is 0.921. The third-order valence-corrected chi connectivity index (χ3v) is 1.39. The standard InChI is InChI=1S/C7H11NO2/c1-2-10-7(9)6-4-3-5-8-6/h2-5H2,1H3. The van der Waals surface area contributed by atoms with E-state index < -0.39 is 0 Å².